The van der Waals surface area contributed by atoms with Gasteiger partial charge in [0.25, 0.3) is 0 Å². The highest BCUT2D eigenvalue weighted by atomic mass is 16.5. The molecule has 0 bridgehead atoms. The molecule has 6 nitrogen and oxygen atoms in total. The summed E-state index contributed by atoms with van der Waals surface area (Å²) in [5, 5.41) is 3.49. The summed E-state index contributed by atoms with van der Waals surface area (Å²) >= 11 is 0. The molecule has 0 aromatic heterocycles. The molecular weight excluding hydrogens is 328 g/mol. The van der Waals surface area contributed by atoms with Gasteiger partial charge in [-0.3, -0.25) is 4.99 Å². The highest BCUT2D eigenvalue weighted by molar-refractivity contribution is 5.80. The molecule has 26 heavy (non-hydrogen) atoms. The number of hydrogen-bond acceptors (Lipinski definition) is 4. The second-order valence-electron chi connectivity index (χ2n) is 8.07. The van der Waals surface area contributed by atoms with Gasteiger partial charge in [0.15, 0.2) is 5.96 Å². The van der Waals surface area contributed by atoms with E-state index in [0.29, 0.717) is 5.92 Å². The predicted molar refractivity (Wildman–Crippen MR) is 106 cm³/mol. The average molecular weight is 367 g/mol. The van der Waals surface area contributed by atoms with Crippen molar-refractivity contribution >= 4 is 5.96 Å². The van der Waals surface area contributed by atoms with Crippen molar-refractivity contribution in [2.24, 2.45) is 10.9 Å². The Morgan fingerprint density at radius 2 is 1.88 bits per heavy atom. The fourth-order valence-corrected chi connectivity index (χ4v) is 4.30. The fraction of sp³-hybridized carbons (Fsp3) is 0.950. The number of ether oxygens (including phenoxy) is 2. The van der Waals surface area contributed by atoms with E-state index in [9.17, 15) is 0 Å². The summed E-state index contributed by atoms with van der Waals surface area (Å²) in [7, 11) is 0. The van der Waals surface area contributed by atoms with Crippen molar-refractivity contribution in [2.75, 3.05) is 59.0 Å². The molecule has 0 aromatic rings. The van der Waals surface area contributed by atoms with Gasteiger partial charge in [0.05, 0.1) is 12.7 Å². The maximum Gasteiger partial charge on any atom is 0.194 e. The number of piperidine rings is 1. The Balaban J connectivity index is 1.51. The minimum atomic E-state index is 0.181. The van der Waals surface area contributed by atoms with E-state index in [0.717, 1.165) is 58.2 Å². The second kappa shape index (κ2) is 10.5. The Labute approximate surface area is 159 Å². The molecule has 3 atom stereocenters. The highest BCUT2D eigenvalue weighted by Gasteiger charge is 2.32. The lowest BCUT2D eigenvalue weighted by Gasteiger charge is -2.37. The van der Waals surface area contributed by atoms with E-state index >= 15 is 0 Å². The molecule has 0 spiro atoms. The van der Waals surface area contributed by atoms with Crippen molar-refractivity contribution in [3.63, 3.8) is 0 Å². The molecule has 150 valence electrons. The van der Waals surface area contributed by atoms with Crippen LogP contribution in [0.25, 0.3) is 0 Å². The summed E-state index contributed by atoms with van der Waals surface area (Å²) in [4.78, 5) is 9.95. The van der Waals surface area contributed by atoms with E-state index in [1.165, 1.54) is 38.9 Å². The van der Waals surface area contributed by atoms with Crippen LogP contribution in [-0.2, 0) is 9.47 Å². The normalized spacial score (nSPS) is 29.8. The topological polar surface area (TPSA) is 49.3 Å². The third kappa shape index (κ3) is 5.83. The molecule has 3 fully saturated rings. The lowest BCUT2D eigenvalue weighted by Crippen LogP contribution is -2.53. The summed E-state index contributed by atoms with van der Waals surface area (Å²) in [6.45, 7) is 13.4. The van der Waals surface area contributed by atoms with E-state index in [1.807, 2.05) is 0 Å². The van der Waals surface area contributed by atoms with Crippen molar-refractivity contribution < 1.29 is 9.47 Å². The molecule has 1 N–H and O–H groups in total. The van der Waals surface area contributed by atoms with Crippen molar-refractivity contribution in [1.82, 2.24) is 15.1 Å². The molecule has 0 saturated carbocycles. The Morgan fingerprint density at radius 3 is 2.62 bits per heavy atom. The molecule has 0 aromatic carbocycles. The number of likely N-dealkylation sites (tertiary alicyclic amines) is 1. The van der Waals surface area contributed by atoms with E-state index in [1.54, 1.807) is 0 Å². The van der Waals surface area contributed by atoms with E-state index < -0.39 is 0 Å². The molecule has 3 rings (SSSR count). The minimum Gasteiger partial charge on any atom is -0.375 e. The molecular formula is C20H38N4O2. The molecule has 3 aliphatic heterocycles. The molecule has 0 amide bonds. The molecule has 3 heterocycles. The Bertz CT molecular complexity index is 434. The van der Waals surface area contributed by atoms with Crippen LogP contribution in [0.1, 0.15) is 46.0 Å². The van der Waals surface area contributed by atoms with Crippen molar-refractivity contribution in [3.8, 4) is 0 Å². The number of nitrogens with one attached hydrogen (secondary N) is 1. The summed E-state index contributed by atoms with van der Waals surface area (Å²) in [5.41, 5.74) is 0. The van der Waals surface area contributed by atoms with Gasteiger partial charge < -0.3 is 24.6 Å². The molecule has 0 radical (unpaired) electrons. The molecule has 3 unspecified atom stereocenters. The SMILES string of the molecule is CCNC(=NCC(C)CN1CCCCC1)N1CCOC(C2CCCO2)C1. The summed E-state index contributed by atoms with van der Waals surface area (Å²) in [6.07, 6.45) is 6.84. The number of hydrogen-bond donors (Lipinski definition) is 1. The zero-order valence-corrected chi connectivity index (χ0v) is 16.8. The zero-order chi connectivity index (χ0) is 18.2. The smallest absolute Gasteiger partial charge is 0.194 e. The van der Waals surface area contributed by atoms with Crippen LogP contribution in [0.15, 0.2) is 4.99 Å². The minimum absolute atomic E-state index is 0.181. The standard InChI is InChI=1S/C20H38N4O2/c1-3-21-20(22-14-17(2)15-23-9-5-4-6-10-23)24-11-13-26-19(16-24)18-8-7-12-25-18/h17-19H,3-16H2,1-2H3,(H,21,22). The van der Waals surface area contributed by atoms with Gasteiger partial charge in [0, 0.05) is 39.3 Å². The van der Waals surface area contributed by atoms with Gasteiger partial charge in [-0.15, -0.1) is 0 Å². The van der Waals surface area contributed by atoms with Crippen LogP contribution >= 0.6 is 0 Å². The first-order valence-corrected chi connectivity index (χ1v) is 10.7. The van der Waals surface area contributed by atoms with Gasteiger partial charge in [-0.2, -0.15) is 0 Å². The third-order valence-electron chi connectivity index (χ3n) is 5.68. The number of rotatable bonds is 6. The predicted octanol–water partition coefficient (Wildman–Crippen LogP) is 1.95. The first-order chi connectivity index (χ1) is 12.8. The first-order valence-electron chi connectivity index (χ1n) is 10.7. The monoisotopic (exact) mass is 366 g/mol. The lowest BCUT2D eigenvalue weighted by molar-refractivity contribution is -0.0817. The summed E-state index contributed by atoms with van der Waals surface area (Å²) < 4.78 is 11.8. The third-order valence-corrected chi connectivity index (χ3v) is 5.68. The first kappa shape index (κ1) is 19.9. The molecule has 0 aliphatic carbocycles. The quantitative estimate of drug-likeness (QED) is 0.575. The van der Waals surface area contributed by atoms with E-state index in [4.69, 9.17) is 14.5 Å². The van der Waals surface area contributed by atoms with E-state index in [2.05, 4.69) is 29.0 Å². The van der Waals surface area contributed by atoms with Crippen LogP contribution in [0, 0.1) is 5.92 Å². The largest absolute Gasteiger partial charge is 0.375 e. The van der Waals surface area contributed by atoms with Crippen molar-refractivity contribution in [3.05, 3.63) is 0 Å². The average Bonchev–Trinajstić information content (AvgIpc) is 3.21. The maximum absolute atomic E-state index is 5.99. The van der Waals surface area contributed by atoms with Crippen LogP contribution in [0.2, 0.25) is 0 Å². The highest BCUT2D eigenvalue weighted by Crippen LogP contribution is 2.21. The van der Waals surface area contributed by atoms with Crippen molar-refractivity contribution in [2.45, 2.75) is 58.2 Å². The van der Waals surface area contributed by atoms with Crippen LogP contribution in [0.5, 0.6) is 0 Å². The second-order valence-corrected chi connectivity index (χ2v) is 8.07. The van der Waals surface area contributed by atoms with Gasteiger partial charge in [-0.1, -0.05) is 13.3 Å². The Morgan fingerprint density at radius 1 is 1.08 bits per heavy atom. The van der Waals surface area contributed by atoms with Gasteiger partial charge >= 0.3 is 0 Å². The lowest BCUT2D eigenvalue weighted by atomic mass is 10.1. The Hall–Kier alpha value is -0.850. The summed E-state index contributed by atoms with van der Waals surface area (Å²) in [6, 6.07) is 0. The molecule has 3 aliphatic rings. The van der Waals surface area contributed by atoms with Gasteiger partial charge in [0.1, 0.15) is 6.10 Å². The number of guanidine groups is 1. The summed E-state index contributed by atoms with van der Waals surface area (Å²) in [5.74, 6) is 1.64. The van der Waals surface area contributed by atoms with E-state index in [-0.39, 0.29) is 12.2 Å². The van der Waals surface area contributed by atoms with Crippen LogP contribution in [0.3, 0.4) is 0 Å². The van der Waals surface area contributed by atoms with Crippen LogP contribution in [-0.4, -0.2) is 87.0 Å². The fourth-order valence-electron chi connectivity index (χ4n) is 4.30. The van der Waals surface area contributed by atoms with Crippen molar-refractivity contribution in [1.29, 1.82) is 0 Å². The van der Waals surface area contributed by atoms with Gasteiger partial charge in [0.2, 0.25) is 0 Å². The number of aliphatic imine (C=N–C) groups is 1. The maximum atomic E-state index is 5.99. The number of morpholine rings is 1. The molecule has 3 saturated heterocycles. The van der Waals surface area contributed by atoms with Gasteiger partial charge in [-0.05, 0) is 51.6 Å². The Kier molecular flexibility index (Phi) is 8.02. The van der Waals surface area contributed by atoms with Crippen LogP contribution < -0.4 is 5.32 Å². The molecule has 6 heteroatoms. The van der Waals surface area contributed by atoms with Crippen LogP contribution in [0.4, 0.5) is 0 Å². The van der Waals surface area contributed by atoms with Gasteiger partial charge in [-0.25, -0.2) is 0 Å². The number of nitrogens with zero attached hydrogens (tertiary/aromatic N) is 3. The zero-order valence-electron chi connectivity index (χ0n) is 16.8.